The van der Waals surface area contributed by atoms with Gasteiger partial charge in [0.15, 0.2) is 0 Å². The van der Waals surface area contributed by atoms with Crippen molar-refractivity contribution in [3.05, 3.63) is 94.8 Å². The van der Waals surface area contributed by atoms with E-state index in [2.05, 4.69) is 0 Å². The van der Waals surface area contributed by atoms with Crippen molar-refractivity contribution in [2.45, 2.75) is 25.6 Å². The molecule has 2 atom stereocenters. The fourth-order valence-electron chi connectivity index (χ4n) is 3.93. The van der Waals surface area contributed by atoms with Crippen molar-refractivity contribution in [1.29, 1.82) is 0 Å². The van der Waals surface area contributed by atoms with E-state index in [4.69, 9.17) is 9.84 Å². The third-order valence-corrected chi connectivity index (χ3v) is 5.33. The molecule has 1 N–H and O–H groups in total. The lowest BCUT2D eigenvalue weighted by atomic mass is 9.95. The fourth-order valence-corrected chi connectivity index (χ4v) is 3.93. The van der Waals surface area contributed by atoms with Crippen molar-refractivity contribution >= 4 is 5.71 Å². The van der Waals surface area contributed by atoms with E-state index >= 15 is 0 Å². The molecule has 0 saturated carbocycles. The van der Waals surface area contributed by atoms with Crippen LogP contribution in [0, 0.1) is 12.7 Å². The van der Waals surface area contributed by atoms with E-state index < -0.39 is 6.23 Å². The second-order valence-electron chi connectivity index (χ2n) is 7.22. The first-order valence-electron chi connectivity index (χ1n) is 9.27. The second-order valence-corrected chi connectivity index (χ2v) is 7.22. The maximum atomic E-state index is 13.3. The molecule has 0 aliphatic carbocycles. The number of phenols is 1. The normalized spacial score (nSPS) is 20.2. The molecule has 5 rings (SSSR count). The van der Waals surface area contributed by atoms with Crippen LogP contribution >= 0.6 is 0 Å². The highest BCUT2D eigenvalue weighted by molar-refractivity contribution is 6.01. The number of para-hydroxylation sites is 1. The SMILES string of the molecule is Cc1ccc(O)c(C2Oc3ccccc3C3CC(c4ccc(F)cc4)=NN32)c1. The molecule has 2 aliphatic heterocycles. The van der Waals surface area contributed by atoms with E-state index in [-0.39, 0.29) is 17.6 Å². The maximum Gasteiger partial charge on any atom is 0.217 e. The predicted molar refractivity (Wildman–Crippen MR) is 105 cm³/mol. The van der Waals surface area contributed by atoms with Crippen molar-refractivity contribution in [2.75, 3.05) is 0 Å². The lowest BCUT2D eigenvalue weighted by molar-refractivity contribution is -0.0203. The summed E-state index contributed by atoms with van der Waals surface area (Å²) >= 11 is 0. The molecule has 5 heteroatoms. The number of aryl methyl sites for hydroxylation is 1. The number of phenolic OH excluding ortho intramolecular Hbond substituents is 1. The van der Waals surface area contributed by atoms with Gasteiger partial charge in [-0.05, 0) is 42.8 Å². The molecule has 2 heterocycles. The van der Waals surface area contributed by atoms with Gasteiger partial charge < -0.3 is 9.84 Å². The number of ether oxygens (including phenoxy) is 1. The summed E-state index contributed by atoms with van der Waals surface area (Å²) in [5.41, 5.74) is 4.55. The number of fused-ring (bicyclic) bond motifs is 3. The summed E-state index contributed by atoms with van der Waals surface area (Å²) in [5.74, 6) is 0.709. The van der Waals surface area contributed by atoms with Gasteiger partial charge in [-0.1, -0.05) is 42.0 Å². The molecule has 0 amide bonds. The second kappa shape index (κ2) is 6.37. The molecular weight excluding hydrogens is 355 g/mol. The van der Waals surface area contributed by atoms with Crippen LogP contribution in [0.3, 0.4) is 0 Å². The number of hydrogen-bond acceptors (Lipinski definition) is 4. The summed E-state index contributed by atoms with van der Waals surface area (Å²) in [7, 11) is 0. The summed E-state index contributed by atoms with van der Waals surface area (Å²) in [5, 5.41) is 17.2. The number of hydrogen-bond donors (Lipinski definition) is 1. The lowest BCUT2D eigenvalue weighted by Crippen LogP contribution is -2.33. The number of nitrogens with zero attached hydrogens (tertiary/aromatic N) is 2. The first-order chi connectivity index (χ1) is 13.6. The minimum atomic E-state index is -0.530. The van der Waals surface area contributed by atoms with Crippen molar-refractivity contribution in [1.82, 2.24) is 5.01 Å². The van der Waals surface area contributed by atoms with Crippen LogP contribution in [0.25, 0.3) is 0 Å². The zero-order chi connectivity index (χ0) is 19.3. The quantitative estimate of drug-likeness (QED) is 0.680. The molecule has 0 radical (unpaired) electrons. The number of hydrazone groups is 1. The average Bonchev–Trinajstić information content (AvgIpc) is 3.15. The summed E-state index contributed by atoms with van der Waals surface area (Å²) in [6.07, 6.45) is 0.160. The van der Waals surface area contributed by atoms with Crippen molar-refractivity contribution < 1.29 is 14.2 Å². The van der Waals surface area contributed by atoms with Gasteiger partial charge in [-0.25, -0.2) is 9.40 Å². The Morgan fingerprint density at radius 1 is 1.04 bits per heavy atom. The van der Waals surface area contributed by atoms with Gasteiger partial charge in [-0.2, -0.15) is 5.10 Å². The van der Waals surface area contributed by atoms with Crippen LogP contribution < -0.4 is 4.74 Å². The summed E-state index contributed by atoms with van der Waals surface area (Å²) < 4.78 is 19.6. The zero-order valence-corrected chi connectivity index (χ0v) is 15.3. The Kier molecular flexibility index (Phi) is 3.83. The molecule has 0 bridgehead atoms. The molecular formula is C23H19FN2O2. The Morgan fingerprint density at radius 3 is 2.64 bits per heavy atom. The first kappa shape index (κ1) is 16.8. The molecule has 0 aromatic heterocycles. The van der Waals surface area contributed by atoms with Crippen LogP contribution in [0.4, 0.5) is 4.39 Å². The van der Waals surface area contributed by atoms with E-state index in [1.807, 2.05) is 48.3 Å². The van der Waals surface area contributed by atoms with Crippen LogP contribution in [-0.2, 0) is 0 Å². The van der Waals surface area contributed by atoms with Crippen LogP contribution in [0.15, 0.2) is 71.8 Å². The third kappa shape index (κ3) is 2.71. The van der Waals surface area contributed by atoms with Gasteiger partial charge in [-0.3, -0.25) is 0 Å². The topological polar surface area (TPSA) is 45.1 Å². The van der Waals surface area contributed by atoms with Crippen LogP contribution in [0.1, 0.15) is 40.9 Å². The summed E-state index contributed by atoms with van der Waals surface area (Å²) in [4.78, 5) is 0. The molecule has 3 aromatic carbocycles. The standard InChI is InChI=1S/C23H19FN2O2/c1-14-6-11-21(27)18(12-14)23-26-20(17-4-2-3-5-22(17)28-23)13-19(25-26)15-7-9-16(24)10-8-15/h2-12,20,23,27H,13H2,1H3. The fraction of sp³-hybridized carbons (Fsp3) is 0.174. The maximum absolute atomic E-state index is 13.3. The zero-order valence-electron chi connectivity index (χ0n) is 15.3. The monoisotopic (exact) mass is 374 g/mol. The third-order valence-electron chi connectivity index (χ3n) is 5.33. The van der Waals surface area contributed by atoms with Crippen LogP contribution in [0.2, 0.25) is 0 Å². The lowest BCUT2D eigenvalue weighted by Gasteiger charge is -2.38. The molecule has 140 valence electrons. The molecule has 4 nitrogen and oxygen atoms in total. The molecule has 0 saturated heterocycles. The highest BCUT2D eigenvalue weighted by Crippen LogP contribution is 2.48. The van der Waals surface area contributed by atoms with E-state index in [0.717, 1.165) is 28.2 Å². The Bertz CT molecular complexity index is 1080. The van der Waals surface area contributed by atoms with Gasteiger partial charge in [0, 0.05) is 12.0 Å². The highest BCUT2D eigenvalue weighted by atomic mass is 19.1. The Labute approximate surface area is 162 Å². The Morgan fingerprint density at radius 2 is 1.82 bits per heavy atom. The molecule has 2 aliphatic rings. The van der Waals surface area contributed by atoms with E-state index in [1.54, 1.807) is 18.2 Å². The van der Waals surface area contributed by atoms with Crippen LogP contribution in [0.5, 0.6) is 11.5 Å². The van der Waals surface area contributed by atoms with E-state index in [0.29, 0.717) is 12.0 Å². The minimum absolute atomic E-state index is 0.00471. The number of halogens is 1. The minimum Gasteiger partial charge on any atom is -0.507 e. The molecule has 0 spiro atoms. The largest absolute Gasteiger partial charge is 0.507 e. The van der Waals surface area contributed by atoms with Crippen molar-refractivity contribution in [3.8, 4) is 11.5 Å². The smallest absolute Gasteiger partial charge is 0.217 e. The summed E-state index contributed by atoms with van der Waals surface area (Å²) in [6, 6.07) is 19.8. The molecule has 2 unspecified atom stereocenters. The Balaban J connectivity index is 1.62. The van der Waals surface area contributed by atoms with Gasteiger partial charge in [-0.15, -0.1) is 0 Å². The number of rotatable bonds is 2. The van der Waals surface area contributed by atoms with E-state index in [1.165, 1.54) is 12.1 Å². The number of benzene rings is 3. The van der Waals surface area contributed by atoms with Gasteiger partial charge in [0.2, 0.25) is 6.23 Å². The average molecular weight is 374 g/mol. The highest BCUT2D eigenvalue weighted by Gasteiger charge is 2.41. The van der Waals surface area contributed by atoms with Crippen molar-refractivity contribution in [2.24, 2.45) is 5.10 Å². The predicted octanol–water partition coefficient (Wildman–Crippen LogP) is 5.08. The van der Waals surface area contributed by atoms with Gasteiger partial charge in [0.1, 0.15) is 17.3 Å². The molecule has 0 fully saturated rings. The first-order valence-corrected chi connectivity index (χ1v) is 9.27. The van der Waals surface area contributed by atoms with Gasteiger partial charge in [0.25, 0.3) is 0 Å². The van der Waals surface area contributed by atoms with Gasteiger partial charge in [0.05, 0.1) is 17.3 Å². The Hall–Kier alpha value is -3.34. The van der Waals surface area contributed by atoms with Crippen molar-refractivity contribution in [3.63, 3.8) is 0 Å². The van der Waals surface area contributed by atoms with Gasteiger partial charge >= 0.3 is 0 Å². The van der Waals surface area contributed by atoms with Crippen LogP contribution in [-0.4, -0.2) is 15.8 Å². The van der Waals surface area contributed by atoms with E-state index in [9.17, 15) is 9.50 Å². The molecule has 28 heavy (non-hydrogen) atoms. The summed E-state index contributed by atoms with van der Waals surface area (Å²) in [6.45, 7) is 1.98. The number of aromatic hydroxyl groups is 1. The molecule has 3 aromatic rings.